The number of carbonyl (C=O) groups excluding carboxylic acids is 1. The van der Waals surface area contributed by atoms with Crippen LogP contribution in [0.25, 0.3) is 0 Å². The molecular weight excluding hydrogens is 324 g/mol. The summed E-state index contributed by atoms with van der Waals surface area (Å²) in [5, 5.41) is 11.7. The number of halogens is 1. The molecule has 0 bridgehead atoms. The first kappa shape index (κ1) is 15.4. The van der Waals surface area contributed by atoms with Crippen LogP contribution in [0.4, 0.5) is 11.4 Å². The molecule has 2 aromatic carbocycles. The molecule has 4 nitrogen and oxygen atoms in total. The Hall–Kier alpha value is -2.17. The number of aliphatic imine (C=N–C) groups is 1. The summed E-state index contributed by atoms with van der Waals surface area (Å²) < 4.78 is 0. The predicted octanol–water partition coefficient (Wildman–Crippen LogP) is 3.82. The number of aryl methyl sites for hydroxylation is 2. The molecule has 0 aromatic heterocycles. The van der Waals surface area contributed by atoms with Gasteiger partial charge in [-0.25, -0.2) is 4.99 Å². The average Bonchev–Trinajstić information content (AvgIpc) is 2.89. The lowest BCUT2D eigenvalue weighted by molar-refractivity contribution is 0.0602. The first-order valence-electron chi connectivity index (χ1n) is 7.91. The number of rotatable bonds is 1. The molecule has 4 rings (SSSR count). The van der Waals surface area contributed by atoms with Gasteiger partial charge < -0.3 is 10.0 Å². The highest BCUT2D eigenvalue weighted by Crippen LogP contribution is 2.40. The molecule has 122 valence electrons. The number of carbonyl (C=O) groups is 1. The summed E-state index contributed by atoms with van der Waals surface area (Å²) in [4.78, 5) is 19.4. The molecule has 0 spiro atoms. The summed E-state index contributed by atoms with van der Waals surface area (Å²) in [5.41, 5.74) is 2.37. The Kier molecular flexibility index (Phi) is 3.31. The molecule has 1 atom stereocenters. The maximum atomic E-state index is 12.9. The molecule has 0 unspecified atom stereocenters. The zero-order valence-electron chi connectivity index (χ0n) is 13.5. The Morgan fingerprint density at radius 3 is 2.75 bits per heavy atom. The number of fused-ring (bicyclic) bond motifs is 2. The molecule has 0 radical (unpaired) electrons. The molecule has 2 heterocycles. The van der Waals surface area contributed by atoms with Crippen LogP contribution in [0.2, 0.25) is 5.02 Å². The first-order chi connectivity index (χ1) is 11.4. The second kappa shape index (κ2) is 5.16. The zero-order chi connectivity index (χ0) is 17.1. The Labute approximate surface area is 145 Å². The van der Waals surface area contributed by atoms with Crippen molar-refractivity contribution in [3.05, 3.63) is 58.1 Å². The standard InChI is InChI=1S/C19H17ClN2O2/c1-11-3-6-16-14(9-11)17(23)19(24)7-8-22(18(19)21-16)13-4-5-15(20)12(2)10-13/h3-6,9-10,24H,7-8H2,1-2H3/t19-/m1/s1. The average molecular weight is 341 g/mol. The molecule has 1 N–H and O–H groups in total. The molecule has 1 saturated heterocycles. The van der Waals surface area contributed by atoms with Crippen LogP contribution in [0.15, 0.2) is 41.4 Å². The lowest BCUT2D eigenvalue weighted by atomic mass is 9.87. The van der Waals surface area contributed by atoms with Gasteiger partial charge in [-0.15, -0.1) is 0 Å². The van der Waals surface area contributed by atoms with E-state index in [0.29, 0.717) is 35.1 Å². The summed E-state index contributed by atoms with van der Waals surface area (Å²) in [7, 11) is 0. The van der Waals surface area contributed by atoms with Gasteiger partial charge in [0.1, 0.15) is 5.84 Å². The molecule has 5 heteroatoms. The van der Waals surface area contributed by atoms with Gasteiger partial charge in [0.15, 0.2) is 5.60 Å². The van der Waals surface area contributed by atoms with Crippen LogP contribution in [0, 0.1) is 13.8 Å². The molecule has 0 amide bonds. The van der Waals surface area contributed by atoms with Gasteiger partial charge >= 0.3 is 0 Å². The number of aliphatic hydroxyl groups is 1. The summed E-state index contributed by atoms with van der Waals surface area (Å²) in [6.07, 6.45) is 0.333. The molecule has 24 heavy (non-hydrogen) atoms. The van der Waals surface area contributed by atoms with Gasteiger partial charge in [-0.05, 0) is 49.7 Å². The fraction of sp³-hybridized carbons (Fsp3) is 0.263. The number of benzene rings is 2. The Morgan fingerprint density at radius 2 is 2.00 bits per heavy atom. The van der Waals surface area contributed by atoms with Gasteiger partial charge in [0, 0.05) is 29.2 Å². The summed E-state index contributed by atoms with van der Waals surface area (Å²) in [6.45, 7) is 4.39. The van der Waals surface area contributed by atoms with Crippen LogP contribution in [-0.2, 0) is 0 Å². The number of ketones is 1. The fourth-order valence-electron chi connectivity index (χ4n) is 3.40. The van der Waals surface area contributed by atoms with E-state index in [9.17, 15) is 9.90 Å². The Bertz CT molecular complexity index is 906. The largest absolute Gasteiger partial charge is 0.374 e. The van der Waals surface area contributed by atoms with Crippen LogP contribution in [0.5, 0.6) is 0 Å². The number of hydrogen-bond donors (Lipinski definition) is 1. The predicted molar refractivity (Wildman–Crippen MR) is 95.7 cm³/mol. The van der Waals surface area contributed by atoms with Crippen molar-refractivity contribution in [2.75, 3.05) is 11.4 Å². The van der Waals surface area contributed by atoms with Gasteiger partial charge in [-0.1, -0.05) is 23.2 Å². The highest BCUT2D eigenvalue weighted by Gasteiger charge is 2.52. The second-order valence-electron chi connectivity index (χ2n) is 6.48. The van der Waals surface area contributed by atoms with E-state index in [1.807, 2.05) is 49.1 Å². The van der Waals surface area contributed by atoms with Gasteiger partial charge in [-0.2, -0.15) is 0 Å². The Morgan fingerprint density at radius 1 is 1.21 bits per heavy atom. The summed E-state index contributed by atoms with van der Waals surface area (Å²) in [6, 6.07) is 11.2. The normalized spacial score (nSPS) is 22.2. The highest BCUT2D eigenvalue weighted by atomic mass is 35.5. The maximum absolute atomic E-state index is 12.9. The minimum absolute atomic E-state index is 0.264. The summed E-state index contributed by atoms with van der Waals surface area (Å²) >= 11 is 6.10. The van der Waals surface area contributed by atoms with Crippen molar-refractivity contribution in [3.8, 4) is 0 Å². The molecule has 0 saturated carbocycles. The second-order valence-corrected chi connectivity index (χ2v) is 6.89. The maximum Gasteiger partial charge on any atom is 0.204 e. The van der Waals surface area contributed by atoms with E-state index in [1.165, 1.54) is 0 Å². The first-order valence-corrected chi connectivity index (χ1v) is 8.28. The Balaban J connectivity index is 1.86. The smallest absolute Gasteiger partial charge is 0.204 e. The lowest BCUT2D eigenvalue weighted by Crippen LogP contribution is -2.48. The molecule has 1 fully saturated rings. The number of hydrogen-bond acceptors (Lipinski definition) is 4. The van der Waals surface area contributed by atoms with E-state index in [2.05, 4.69) is 4.99 Å². The molecular formula is C19H17ClN2O2. The van der Waals surface area contributed by atoms with Gasteiger partial charge in [-0.3, -0.25) is 4.79 Å². The topological polar surface area (TPSA) is 52.9 Å². The lowest BCUT2D eigenvalue weighted by Gasteiger charge is -2.30. The van der Waals surface area contributed by atoms with Crippen molar-refractivity contribution >= 4 is 34.6 Å². The van der Waals surface area contributed by atoms with Crippen LogP contribution in [0.3, 0.4) is 0 Å². The molecule has 2 aromatic rings. The van der Waals surface area contributed by atoms with Crippen LogP contribution in [-0.4, -0.2) is 28.9 Å². The van der Waals surface area contributed by atoms with Gasteiger partial charge in [0.2, 0.25) is 5.78 Å². The van der Waals surface area contributed by atoms with E-state index in [4.69, 9.17) is 11.6 Å². The highest BCUT2D eigenvalue weighted by molar-refractivity contribution is 6.31. The third kappa shape index (κ3) is 2.10. The van der Waals surface area contributed by atoms with E-state index in [-0.39, 0.29) is 5.78 Å². The molecule has 0 aliphatic carbocycles. The monoisotopic (exact) mass is 340 g/mol. The minimum Gasteiger partial charge on any atom is -0.374 e. The molecule has 2 aliphatic heterocycles. The quantitative estimate of drug-likeness (QED) is 0.858. The van der Waals surface area contributed by atoms with Crippen LogP contribution < -0.4 is 4.90 Å². The van der Waals surface area contributed by atoms with Crippen molar-refractivity contribution in [3.63, 3.8) is 0 Å². The number of nitrogens with zero attached hydrogens (tertiary/aromatic N) is 2. The van der Waals surface area contributed by atoms with Crippen molar-refractivity contribution < 1.29 is 9.90 Å². The summed E-state index contributed by atoms with van der Waals surface area (Å²) in [5.74, 6) is 0.143. The van der Waals surface area contributed by atoms with Crippen molar-refractivity contribution in [2.45, 2.75) is 25.9 Å². The number of Topliss-reactive ketones (excluding diaryl/α,β-unsaturated/α-hetero) is 1. The van der Waals surface area contributed by atoms with Crippen molar-refractivity contribution in [2.24, 2.45) is 4.99 Å². The third-order valence-corrected chi connectivity index (χ3v) is 5.20. The van der Waals surface area contributed by atoms with E-state index >= 15 is 0 Å². The number of anilines is 1. The SMILES string of the molecule is Cc1ccc2c(c1)C(=O)[C@]1(O)CCN(c3ccc(Cl)c(C)c3)C1=N2. The van der Waals surface area contributed by atoms with Crippen molar-refractivity contribution in [1.29, 1.82) is 0 Å². The zero-order valence-corrected chi connectivity index (χ0v) is 14.3. The minimum atomic E-state index is -1.55. The fourth-order valence-corrected chi connectivity index (χ4v) is 3.51. The van der Waals surface area contributed by atoms with E-state index in [1.54, 1.807) is 6.07 Å². The van der Waals surface area contributed by atoms with E-state index in [0.717, 1.165) is 16.8 Å². The molecule has 2 aliphatic rings. The van der Waals surface area contributed by atoms with Crippen molar-refractivity contribution in [1.82, 2.24) is 0 Å². The number of amidine groups is 1. The van der Waals surface area contributed by atoms with Crippen LogP contribution in [0.1, 0.15) is 27.9 Å². The van der Waals surface area contributed by atoms with Crippen LogP contribution >= 0.6 is 11.6 Å². The van der Waals surface area contributed by atoms with Gasteiger partial charge in [0.05, 0.1) is 5.69 Å². The third-order valence-electron chi connectivity index (χ3n) is 4.77. The van der Waals surface area contributed by atoms with Gasteiger partial charge in [0.25, 0.3) is 0 Å². The van der Waals surface area contributed by atoms with E-state index < -0.39 is 5.60 Å².